The van der Waals surface area contributed by atoms with Gasteiger partial charge >= 0.3 is 0 Å². The summed E-state index contributed by atoms with van der Waals surface area (Å²) in [5.41, 5.74) is 1.18. The minimum Gasteiger partial charge on any atom is -0.306 e. The molecule has 2 heterocycles. The Balaban J connectivity index is 1.66. The van der Waals surface area contributed by atoms with Crippen LogP contribution in [0.1, 0.15) is 140 Å². The Morgan fingerprint density at radius 1 is 0.548 bits per heavy atom. The van der Waals surface area contributed by atoms with Gasteiger partial charge < -0.3 is 10.6 Å². The van der Waals surface area contributed by atoms with E-state index in [0.29, 0.717) is 22.9 Å². The average Bonchev–Trinajstić information content (AvgIpc) is 2.57. The highest BCUT2D eigenvalue weighted by Crippen LogP contribution is 2.40. The maximum atomic E-state index is 3.96. The molecule has 2 heteroatoms. The molecule has 4 atom stereocenters. The Hall–Kier alpha value is -0.0800. The fourth-order valence-corrected chi connectivity index (χ4v) is 7.10. The van der Waals surface area contributed by atoms with E-state index in [1.165, 1.54) is 70.6 Å². The summed E-state index contributed by atoms with van der Waals surface area (Å²) in [5.74, 6) is 3.20. The molecule has 31 heavy (non-hydrogen) atoms. The van der Waals surface area contributed by atoms with Crippen LogP contribution in [-0.4, -0.2) is 22.2 Å². The first-order chi connectivity index (χ1) is 14.2. The molecule has 2 nitrogen and oxygen atoms in total. The van der Waals surface area contributed by atoms with Crippen LogP contribution in [0, 0.1) is 23.7 Å². The Kier molecular flexibility index (Phi) is 9.16. The molecule has 4 unspecified atom stereocenters. The second-order valence-corrected chi connectivity index (χ2v) is 14.1. The third-order valence-corrected chi connectivity index (χ3v) is 9.04. The van der Waals surface area contributed by atoms with Gasteiger partial charge in [-0.1, -0.05) is 72.6 Å². The lowest BCUT2D eigenvalue weighted by Gasteiger charge is -2.50. The summed E-state index contributed by atoms with van der Waals surface area (Å²) in [6.07, 6.45) is 15.4. The molecule has 0 aliphatic carbocycles. The molecule has 184 valence electrons. The molecule has 0 aromatic rings. The maximum Gasteiger partial charge on any atom is 0.0183 e. The van der Waals surface area contributed by atoms with Crippen LogP contribution in [0.25, 0.3) is 0 Å². The fourth-order valence-electron chi connectivity index (χ4n) is 7.10. The normalized spacial score (nSPS) is 35.6. The zero-order chi connectivity index (χ0) is 23.5. The highest BCUT2D eigenvalue weighted by molar-refractivity contribution is 5.01. The van der Waals surface area contributed by atoms with E-state index in [0.717, 1.165) is 11.8 Å². The van der Waals surface area contributed by atoms with Crippen LogP contribution >= 0.6 is 0 Å². The molecule has 0 bridgehead atoms. The molecule has 0 aromatic carbocycles. The molecule has 0 radical (unpaired) electrons. The predicted molar refractivity (Wildman–Crippen MR) is 139 cm³/mol. The van der Waals surface area contributed by atoms with Crippen molar-refractivity contribution in [2.75, 3.05) is 0 Å². The second kappa shape index (κ2) is 10.5. The first kappa shape index (κ1) is 27.2. The Morgan fingerprint density at radius 3 is 1.19 bits per heavy atom. The zero-order valence-corrected chi connectivity index (χ0v) is 23.1. The molecule has 0 spiro atoms. The summed E-state index contributed by atoms with van der Waals surface area (Å²) in [7, 11) is 0. The van der Waals surface area contributed by atoms with Crippen molar-refractivity contribution in [3.63, 3.8) is 0 Å². The monoisotopic (exact) mass is 434 g/mol. The molecule has 0 aromatic heterocycles. The molecule has 2 aliphatic rings. The predicted octanol–water partition coefficient (Wildman–Crippen LogP) is 8.10. The van der Waals surface area contributed by atoms with Gasteiger partial charge in [0, 0.05) is 22.2 Å². The van der Waals surface area contributed by atoms with Crippen LogP contribution < -0.4 is 10.6 Å². The van der Waals surface area contributed by atoms with Crippen molar-refractivity contribution in [1.82, 2.24) is 10.6 Å². The lowest BCUT2D eigenvalue weighted by Crippen LogP contribution is -2.61. The van der Waals surface area contributed by atoms with E-state index in [1.807, 2.05) is 0 Å². The minimum absolute atomic E-state index is 0.287. The topological polar surface area (TPSA) is 24.1 Å². The number of rotatable bonds is 10. The third-order valence-electron chi connectivity index (χ3n) is 9.04. The number of hydrogen-bond donors (Lipinski definition) is 2. The number of unbranched alkanes of at least 4 members (excludes halogenated alkanes) is 4. The van der Waals surface area contributed by atoms with Gasteiger partial charge in [-0.2, -0.15) is 0 Å². The van der Waals surface area contributed by atoms with Gasteiger partial charge in [-0.05, 0) is 90.9 Å². The van der Waals surface area contributed by atoms with Gasteiger partial charge in [0.25, 0.3) is 0 Å². The maximum absolute atomic E-state index is 3.96. The quantitative estimate of drug-likeness (QED) is 0.339. The molecular formula is C29H58N2. The highest BCUT2D eigenvalue weighted by Gasteiger charge is 2.42. The molecule has 0 saturated carbocycles. The van der Waals surface area contributed by atoms with Crippen molar-refractivity contribution < 1.29 is 0 Å². The smallest absolute Gasteiger partial charge is 0.0183 e. The lowest BCUT2D eigenvalue weighted by molar-refractivity contribution is 0.0760. The first-order valence-corrected chi connectivity index (χ1v) is 13.8. The van der Waals surface area contributed by atoms with Gasteiger partial charge in [0.2, 0.25) is 0 Å². The van der Waals surface area contributed by atoms with Crippen LogP contribution in [0.15, 0.2) is 0 Å². The molecular weight excluding hydrogens is 376 g/mol. The van der Waals surface area contributed by atoms with Gasteiger partial charge in [0.1, 0.15) is 0 Å². The lowest BCUT2D eigenvalue weighted by atomic mass is 9.69. The number of piperidine rings is 2. The van der Waals surface area contributed by atoms with E-state index in [9.17, 15) is 0 Å². The van der Waals surface area contributed by atoms with Crippen molar-refractivity contribution in [3.05, 3.63) is 0 Å². The number of hydrogen-bond acceptors (Lipinski definition) is 2. The highest BCUT2D eigenvalue weighted by atomic mass is 15.1. The zero-order valence-electron chi connectivity index (χ0n) is 23.1. The van der Waals surface area contributed by atoms with Crippen LogP contribution in [0.4, 0.5) is 0 Å². The van der Waals surface area contributed by atoms with E-state index in [4.69, 9.17) is 0 Å². The van der Waals surface area contributed by atoms with Crippen LogP contribution in [0.2, 0.25) is 0 Å². The average molecular weight is 435 g/mol. The van der Waals surface area contributed by atoms with Crippen LogP contribution in [0.5, 0.6) is 0 Å². The van der Waals surface area contributed by atoms with Crippen molar-refractivity contribution in [3.8, 4) is 0 Å². The SMILES string of the molecule is CC(C)C1(C)CC(CCCCCCCC2CC(C)(C)NC(C)(C(C)C)C2)CC(C)(C)N1. The van der Waals surface area contributed by atoms with Gasteiger partial charge in [-0.15, -0.1) is 0 Å². The largest absolute Gasteiger partial charge is 0.306 e. The molecule has 0 amide bonds. The van der Waals surface area contributed by atoms with Gasteiger partial charge in [0.15, 0.2) is 0 Å². The van der Waals surface area contributed by atoms with E-state index in [-0.39, 0.29) is 11.1 Å². The Labute approximate surface area is 196 Å². The summed E-state index contributed by atoms with van der Waals surface area (Å²) in [6, 6.07) is 0. The summed E-state index contributed by atoms with van der Waals surface area (Å²) >= 11 is 0. The van der Waals surface area contributed by atoms with Crippen LogP contribution in [0.3, 0.4) is 0 Å². The Morgan fingerprint density at radius 2 is 0.871 bits per heavy atom. The fraction of sp³-hybridized carbons (Fsp3) is 1.00. The van der Waals surface area contributed by atoms with Crippen molar-refractivity contribution in [2.45, 2.75) is 162 Å². The summed E-state index contributed by atoms with van der Waals surface area (Å²) in [6.45, 7) is 24.1. The van der Waals surface area contributed by atoms with E-state index in [1.54, 1.807) is 0 Å². The molecule has 2 rings (SSSR count). The van der Waals surface area contributed by atoms with Crippen LogP contribution in [-0.2, 0) is 0 Å². The van der Waals surface area contributed by atoms with Crippen molar-refractivity contribution in [1.29, 1.82) is 0 Å². The standard InChI is InChI=1S/C29H58N2/c1-22(2)28(9)20-24(18-26(5,6)30-28)16-14-12-11-13-15-17-25-19-27(7,8)31-29(10,21-25)23(3)4/h22-25,30-31H,11-21H2,1-10H3. The Bertz CT molecular complexity index is 501. The van der Waals surface area contributed by atoms with Crippen molar-refractivity contribution in [2.24, 2.45) is 23.7 Å². The summed E-state index contributed by atoms with van der Waals surface area (Å²) in [4.78, 5) is 0. The molecule has 2 aliphatic heterocycles. The van der Waals surface area contributed by atoms with Gasteiger partial charge in [-0.25, -0.2) is 0 Å². The first-order valence-electron chi connectivity index (χ1n) is 13.8. The molecule has 2 saturated heterocycles. The van der Waals surface area contributed by atoms with E-state index in [2.05, 4.69) is 79.9 Å². The second-order valence-electron chi connectivity index (χ2n) is 14.1. The van der Waals surface area contributed by atoms with E-state index >= 15 is 0 Å². The summed E-state index contributed by atoms with van der Waals surface area (Å²) in [5, 5.41) is 7.92. The van der Waals surface area contributed by atoms with Gasteiger partial charge in [0.05, 0.1) is 0 Å². The van der Waals surface area contributed by atoms with E-state index < -0.39 is 0 Å². The molecule has 2 fully saturated rings. The number of nitrogens with one attached hydrogen (secondary N) is 2. The van der Waals surface area contributed by atoms with Gasteiger partial charge in [-0.3, -0.25) is 0 Å². The van der Waals surface area contributed by atoms with Crippen molar-refractivity contribution >= 4 is 0 Å². The summed E-state index contributed by atoms with van der Waals surface area (Å²) < 4.78 is 0. The molecule has 2 N–H and O–H groups in total. The third kappa shape index (κ3) is 8.02. The minimum atomic E-state index is 0.287.